The van der Waals surface area contributed by atoms with Crippen molar-refractivity contribution < 1.29 is 9.53 Å². The van der Waals surface area contributed by atoms with Crippen LogP contribution in [0.15, 0.2) is 12.1 Å². The Bertz CT molecular complexity index is 349. The predicted molar refractivity (Wildman–Crippen MR) is 47.7 cm³/mol. The summed E-state index contributed by atoms with van der Waals surface area (Å²) in [5.74, 6) is 1.14. The van der Waals surface area contributed by atoms with Crippen LogP contribution >= 0.6 is 0 Å². The van der Waals surface area contributed by atoms with Crippen LogP contribution in [0, 0.1) is 6.92 Å². The van der Waals surface area contributed by atoms with Crippen LogP contribution in [0.25, 0.3) is 0 Å². The van der Waals surface area contributed by atoms with Crippen molar-refractivity contribution in [3.63, 3.8) is 0 Å². The van der Waals surface area contributed by atoms with E-state index in [1.165, 1.54) is 0 Å². The number of ether oxygens (including phenoxy) is 1. The molecule has 1 aromatic heterocycles. The lowest BCUT2D eigenvalue weighted by molar-refractivity contribution is -0.116. The van der Waals surface area contributed by atoms with Crippen LogP contribution in [0.1, 0.15) is 12.1 Å². The molecule has 0 saturated heterocycles. The lowest BCUT2D eigenvalue weighted by Crippen LogP contribution is -2.11. The standard InChI is InChI=1S/C9H10N2O2/c1-6-2-3-7-9(10-6)11-8(12)4-5-13-7/h2-3H,4-5H2,1H3,(H,10,11,12). The van der Waals surface area contributed by atoms with Gasteiger partial charge in [0, 0.05) is 5.69 Å². The monoisotopic (exact) mass is 178 g/mol. The average Bonchev–Trinajstić information content (AvgIpc) is 2.25. The number of aromatic nitrogens is 1. The van der Waals surface area contributed by atoms with Crippen molar-refractivity contribution >= 4 is 11.7 Å². The first-order valence-electron chi connectivity index (χ1n) is 4.16. The number of aryl methyl sites for hydroxylation is 1. The van der Waals surface area contributed by atoms with Crippen molar-refractivity contribution in [2.75, 3.05) is 11.9 Å². The van der Waals surface area contributed by atoms with Gasteiger partial charge in [-0.2, -0.15) is 0 Å². The fraction of sp³-hybridized carbons (Fsp3) is 0.333. The lowest BCUT2D eigenvalue weighted by Gasteiger charge is -2.05. The van der Waals surface area contributed by atoms with Gasteiger partial charge in [0.2, 0.25) is 5.91 Å². The molecule has 0 spiro atoms. The molecule has 4 nitrogen and oxygen atoms in total. The molecule has 1 amide bonds. The molecule has 0 aromatic carbocycles. The van der Waals surface area contributed by atoms with Gasteiger partial charge in [0.25, 0.3) is 0 Å². The van der Waals surface area contributed by atoms with Gasteiger partial charge < -0.3 is 10.1 Å². The number of pyridine rings is 1. The zero-order chi connectivity index (χ0) is 9.26. The Labute approximate surface area is 75.9 Å². The van der Waals surface area contributed by atoms with E-state index in [1.807, 2.05) is 19.1 Å². The van der Waals surface area contributed by atoms with Crippen LogP contribution in [-0.4, -0.2) is 17.5 Å². The molecule has 0 unspecified atom stereocenters. The maximum atomic E-state index is 11.1. The topological polar surface area (TPSA) is 51.2 Å². The van der Waals surface area contributed by atoms with Gasteiger partial charge in [-0.3, -0.25) is 4.79 Å². The van der Waals surface area contributed by atoms with Crippen molar-refractivity contribution in [3.8, 4) is 5.75 Å². The SMILES string of the molecule is Cc1ccc2c(n1)NC(=O)CCO2. The normalized spacial score (nSPS) is 15.3. The average molecular weight is 178 g/mol. The minimum Gasteiger partial charge on any atom is -0.489 e. The molecule has 0 atom stereocenters. The molecule has 0 bridgehead atoms. The largest absolute Gasteiger partial charge is 0.489 e. The summed E-state index contributed by atoms with van der Waals surface area (Å²) in [6.07, 6.45) is 0.384. The summed E-state index contributed by atoms with van der Waals surface area (Å²) in [5, 5.41) is 2.69. The molecule has 0 radical (unpaired) electrons. The molecule has 1 aliphatic rings. The molecule has 1 aromatic rings. The third-order valence-corrected chi connectivity index (χ3v) is 1.84. The van der Waals surface area contributed by atoms with E-state index in [2.05, 4.69) is 10.3 Å². The van der Waals surface area contributed by atoms with Crippen LogP contribution in [0.4, 0.5) is 5.82 Å². The molecule has 0 fully saturated rings. The van der Waals surface area contributed by atoms with Gasteiger partial charge in [-0.15, -0.1) is 0 Å². The smallest absolute Gasteiger partial charge is 0.229 e. The van der Waals surface area contributed by atoms with E-state index in [4.69, 9.17) is 4.74 Å². The Morgan fingerprint density at radius 2 is 2.38 bits per heavy atom. The maximum absolute atomic E-state index is 11.1. The second-order valence-corrected chi connectivity index (χ2v) is 2.95. The Kier molecular flexibility index (Phi) is 1.88. The van der Waals surface area contributed by atoms with Crippen molar-refractivity contribution in [3.05, 3.63) is 17.8 Å². The molecule has 0 aliphatic carbocycles. The fourth-order valence-corrected chi connectivity index (χ4v) is 1.20. The van der Waals surface area contributed by atoms with Crippen molar-refractivity contribution in [2.24, 2.45) is 0 Å². The van der Waals surface area contributed by atoms with E-state index in [9.17, 15) is 4.79 Å². The molecule has 2 rings (SSSR count). The molecule has 2 heterocycles. The number of amides is 1. The summed E-state index contributed by atoms with van der Waals surface area (Å²) < 4.78 is 5.33. The number of anilines is 1. The van der Waals surface area contributed by atoms with Gasteiger partial charge in [0.05, 0.1) is 13.0 Å². The molecule has 1 N–H and O–H groups in total. The highest BCUT2D eigenvalue weighted by molar-refractivity contribution is 5.91. The highest BCUT2D eigenvalue weighted by Gasteiger charge is 2.14. The third kappa shape index (κ3) is 1.61. The van der Waals surface area contributed by atoms with E-state index in [0.717, 1.165) is 5.69 Å². The Morgan fingerprint density at radius 3 is 3.23 bits per heavy atom. The molecule has 1 aliphatic heterocycles. The second-order valence-electron chi connectivity index (χ2n) is 2.95. The van der Waals surface area contributed by atoms with E-state index >= 15 is 0 Å². The second kappa shape index (κ2) is 3.05. The predicted octanol–water partition coefficient (Wildman–Crippen LogP) is 1.11. The zero-order valence-corrected chi connectivity index (χ0v) is 7.33. The van der Waals surface area contributed by atoms with E-state index in [1.54, 1.807) is 0 Å². The summed E-state index contributed by atoms with van der Waals surface area (Å²) in [7, 11) is 0. The minimum absolute atomic E-state index is 0.0446. The number of fused-ring (bicyclic) bond motifs is 1. The number of carbonyl (C=O) groups is 1. The van der Waals surface area contributed by atoms with Gasteiger partial charge in [0.1, 0.15) is 0 Å². The highest BCUT2D eigenvalue weighted by atomic mass is 16.5. The van der Waals surface area contributed by atoms with Crippen molar-refractivity contribution in [1.82, 2.24) is 4.98 Å². The van der Waals surface area contributed by atoms with Crippen LogP contribution < -0.4 is 10.1 Å². The van der Waals surface area contributed by atoms with Crippen LogP contribution in [0.2, 0.25) is 0 Å². The number of nitrogens with zero attached hydrogens (tertiary/aromatic N) is 1. The molecule has 13 heavy (non-hydrogen) atoms. The minimum atomic E-state index is -0.0446. The zero-order valence-electron chi connectivity index (χ0n) is 7.33. The van der Waals surface area contributed by atoms with Gasteiger partial charge >= 0.3 is 0 Å². The number of rotatable bonds is 0. The third-order valence-electron chi connectivity index (χ3n) is 1.84. The number of hydrogen-bond donors (Lipinski definition) is 1. The Balaban J connectivity index is 2.40. The van der Waals surface area contributed by atoms with Gasteiger partial charge in [0.15, 0.2) is 11.6 Å². The highest BCUT2D eigenvalue weighted by Crippen LogP contribution is 2.24. The van der Waals surface area contributed by atoms with Crippen LogP contribution in [0.5, 0.6) is 5.75 Å². The first kappa shape index (κ1) is 8.04. The number of carbonyl (C=O) groups excluding carboxylic acids is 1. The van der Waals surface area contributed by atoms with Crippen LogP contribution in [-0.2, 0) is 4.79 Å². The molecular formula is C9H10N2O2. The van der Waals surface area contributed by atoms with E-state index in [0.29, 0.717) is 24.6 Å². The van der Waals surface area contributed by atoms with Crippen molar-refractivity contribution in [1.29, 1.82) is 0 Å². The van der Waals surface area contributed by atoms with Crippen LogP contribution in [0.3, 0.4) is 0 Å². The summed E-state index contributed by atoms with van der Waals surface area (Å²) in [4.78, 5) is 15.3. The first-order valence-corrected chi connectivity index (χ1v) is 4.16. The van der Waals surface area contributed by atoms with E-state index in [-0.39, 0.29) is 5.91 Å². The maximum Gasteiger partial charge on any atom is 0.229 e. The molecule has 68 valence electrons. The first-order chi connectivity index (χ1) is 6.25. The quantitative estimate of drug-likeness (QED) is 0.647. The number of nitrogens with one attached hydrogen (secondary N) is 1. The van der Waals surface area contributed by atoms with Gasteiger partial charge in [-0.05, 0) is 19.1 Å². The van der Waals surface area contributed by atoms with Gasteiger partial charge in [-0.1, -0.05) is 0 Å². The molecular weight excluding hydrogens is 168 g/mol. The lowest BCUT2D eigenvalue weighted by atomic mass is 10.3. The Morgan fingerprint density at radius 1 is 1.54 bits per heavy atom. The number of hydrogen-bond acceptors (Lipinski definition) is 3. The van der Waals surface area contributed by atoms with Crippen molar-refractivity contribution in [2.45, 2.75) is 13.3 Å². The summed E-state index contributed by atoms with van der Waals surface area (Å²) in [6, 6.07) is 3.68. The van der Waals surface area contributed by atoms with Gasteiger partial charge in [-0.25, -0.2) is 4.98 Å². The molecule has 4 heteroatoms. The Hall–Kier alpha value is -1.58. The molecule has 0 saturated carbocycles. The summed E-state index contributed by atoms with van der Waals surface area (Å²) in [6.45, 7) is 2.29. The summed E-state index contributed by atoms with van der Waals surface area (Å²) >= 11 is 0. The summed E-state index contributed by atoms with van der Waals surface area (Å²) in [5.41, 5.74) is 0.865. The van der Waals surface area contributed by atoms with E-state index < -0.39 is 0 Å². The fourth-order valence-electron chi connectivity index (χ4n) is 1.20.